The second-order valence-corrected chi connectivity index (χ2v) is 7.21. The van der Waals surface area contributed by atoms with Gasteiger partial charge in [-0.25, -0.2) is 4.79 Å². The first kappa shape index (κ1) is 21.1. The minimum absolute atomic E-state index is 0.0563. The molecule has 0 atom stereocenters. The highest BCUT2D eigenvalue weighted by molar-refractivity contribution is 5.92. The summed E-state index contributed by atoms with van der Waals surface area (Å²) in [5.74, 6) is -0.117. The highest BCUT2D eigenvalue weighted by Gasteiger charge is 2.15. The molecule has 5 heteroatoms. The Labute approximate surface area is 177 Å². The van der Waals surface area contributed by atoms with Crippen molar-refractivity contribution in [3.05, 3.63) is 102 Å². The van der Waals surface area contributed by atoms with Crippen molar-refractivity contribution in [1.29, 1.82) is 0 Å². The zero-order chi connectivity index (χ0) is 21.2. The van der Waals surface area contributed by atoms with Crippen LogP contribution in [-0.2, 0) is 17.8 Å². The SMILES string of the molecule is Cc1cccc(NC(=O)NCC(=O)N(CCc2ccccc2)Cc2ccccc2)c1. The molecule has 0 aliphatic carbocycles. The number of urea groups is 1. The van der Waals surface area contributed by atoms with Gasteiger partial charge in [0.2, 0.25) is 5.91 Å². The average Bonchev–Trinajstić information content (AvgIpc) is 2.76. The fraction of sp³-hybridized carbons (Fsp3) is 0.200. The quantitative estimate of drug-likeness (QED) is 0.588. The van der Waals surface area contributed by atoms with Crippen LogP contribution in [0.15, 0.2) is 84.9 Å². The second-order valence-electron chi connectivity index (χ2n) is 7.21. The van der Waals surface area contributed by atoms with Gasteiger partial charge in [0.15, 0.2) is 0 Å². The number of nitrogens with zero attached hydrogens (tertiary/aromatic N) is 1. The maximum Gasteiger partial charge on any atom is 0.319 e. The molecule has 2 N–H and O–H groups in total. The van der Waals surface area contributed by atoms with Crippen molar-refractivity contribution in [2.24, 2.45) is 0 Å². The largest absolute Gasteiger partial charge is 0.337 e. The van der Waals surface area contributed by atoms with Gasteiger partial charge in [-0.05, 0) is 42.2 Å². The van der Waals surface area contributed by atoms with Gasteiger partial charge in [-0.3, -0.25) is 4.79 Å². The summed E-state index contributed by atoms with van der Waals surface area (Å²) in [6.45, 7) is 2.99. The summed E-state index contributed by atoms with van der Waals surface area (Å²) in [5.41, 5.74) is 3.99. The number of benzene rings is 3. The molecule has 0 radical (unpaired) electrons. The molecule has 0 heterocycles. The van der Waals surface area contributed by atoms with Crippen molar-refractivity contribution in [3.8, 4) is 0 Å². The summed E-state index contributed by atoms with van der Waals surface area (Å²) in [6.07, 6.45) is 0.759. The van der Waals surface area contributed by atoms with E-state index in [0.717, 1.165) is 17.5 Å². The first-order valence-corrected chi connectivity index (χ1v) is 10.1. The van der Waals surface area contributed by atoms with Gasteiger partial charge in [0.05, 0.1) is 6.54 Å². The van der Waals surface area contributed by atoms with Crippen LogP contribution < -0.4 is 10.6 Å². The number of carbonyl (C=O) groups excluding carboxylic acids is 2. The van der Waals surface area contributed by atoms with E-state index in [1.807, 2.05) is 79.7 Å². The summed E-state index contributed by atoms with van der Waals surface area (Å²) in [5, 5.41) is 5.44. The highest BCUT2D eigenvalue weighted by atomic mass is 16.2. The Balaban J connectivity index is 1.58. The van der Waals surface area contributed by atoms with E-state index in [0.29, 0.717) is 18.8 Å². The van der Waals surface area contributed by atoms with Crippen LogP contribution in [0.25, 0.3) is 0 Å². The van der Waals surface area contributed by atoms with Crippen molar-refractivity contribution >= 4 is 17.6 Å². The number of hydrogen-bond donors (Lipinski definition) is 2. The minimum Gasteiger partial charge on any atom is -0.337 e. The lowest BCUT2D eigenvalue weighted by molar-refractivity contribution is -0.130. The predicted molar refractivity (Wildman–Crippen MR) is 120 cm³/mol. The molecule has 0 fully saturated rings. The Morgan fingerprint density at radius 1 is 0.833 bits per heavy atom. The van der Waals surface area contributed by atoms with Gasteiger partial charge in [-0.15, -0.1) is 0 Å². The fourth-order valence-electron chi connectivity index (χ4n) is 3.17. The van der Waals surface area contributed by atoms with Crippen LogP contribution in [0.1, 0.15) is 16.7 Å². The third kappa shape index (κ3) is 6.78. The molecule has 0 saturated heterocycles. The second kappa shape index (κ2) is 10.8. The molecule has 5 nitrogen and oxygen atoms in total. The van der Waals surface area contributed by atoms with Crippen molar-refractivity contribution in [2.45, 2.75) is 19.9 Å². The zero-order valence-corrected chi connectivity index (χ0v) is 17.2. The molecule has 3 amide bonds. The van der Waals surface area contributed by atoms with Crippen LogP contribution in [0.5, 0.6) is 0 Å². The summed E-state index contributed by atoms with van der Waals surface area (Å²) >= 11 is 0. The van der Waals surface area contributed by atoms with Crippen LogP contribution in [0.3, 0.4) is 0 Å². The van der Waals surface area contributed by atoms with Crippen molar-refractivity contribution in [1.82, 2.24) is 10.2 Å². The minimum atomic E-state index is -0.392. The van der Waals surface area contributed by atoms with E-state index in [-0.39, 0.29) is 12.5 Å². The van der Waals surface area contributed by atoms with Crippen LogP contribution in [0, 0.1) is 6.92 Å². The standard InChI is InChI=1S/C25H27N3O2/c1-20-9-8-14-23(17-20)27-25(30)26-18-24(29)28(19-22-12-6-3-7-13-22)16-15-21-10-4-2-5-11-21/h2-14,17H,15-16,18-19H2,1H3,(H2,26,27,30). The lowest BCUT2D eigenvalue weighted by Gasteiger charge is -2.23. The Bertz CT molecular complexity index is 958. The summed E-state index contributed by atoms with van der Waals surface area (Å²) < 4.78 is 0. The maximum absolute atomic E-state index is 12.9. The van der Waals surface area contributed by atoms with Gasteiger partial charge in [0.25, 0.3) is 0 Å². The van der Waals surface area contributed by atoms with E-state index < -0.39 is 6.03 Å². The molecular weight excluding hydrogens is 374 g/mol. The van der Waals surface area contributed by atoms with E-state index in [4.69, 9.17) is 0 Å². The molecule has 0 spiro atoms. The molecule has 0 unspecified atom stereocenters. The molecule has 0 saturated carbocycles. The average molecular weight is 402 g/mol. The predicted octanol–water partition coefficient (Wildman–Crippen LogP) is 4.39. The maximum atomic E-state index is 12.9. The van der Waals surface area contributed by atoms with Gasteiger partial charge in [-0.1, -0.05) is 72.8 Å². The van der Waals surface area contributed by atoms with E-state index in [9.17, 15) is 9.59 Å². The topological polar surface area (TPSA) is 61.4 Å². The molecule has 3 aromatic rings. The Hall–Kier alpha value is -3.60. The van der Waals surface area contributed by atoms with Crippen molar-refractivity contribution in [2.75, 3.05) is 18.4 Å². The van der Waals surface area contributed by atoms with E-state index in [1.165, 1.54) is 5.56 Å². The third-order valence-electron chi connectivity index (χ3n) is 4.76. The lowest BCUT2D eigenvalue weighted by Crippen LogP contribution is -2.42. The Kier molecular flexibility index (Phi) is 7.61. The van der Waals surface area contributed by atoms with E-state index in [1.54, 1.807) is 4.90 Å². The molecule has 0 aliphatic rings. The molecule has 0 aromatic heterocycles. The van der Waals surface area contributed by atoms with Crippen LogP contribution in [0.4, 0.5) is 10.5 Å². The fourth-order valence-corrected chi connectivity index (χ4v) is 3.17. The summed E-state index contributed by atoms with van der Waals surface area (Å²) in [4.78, 5) is 26.8. The van der Waals surface area contributed by atoms with E-state index >= 15 is 0 Å². The van der Waals surface area contributed by atoms with Gasteiger partial charge in [0.1, 0.15) is 0 Å². The smallest absolute Gasteiger partial charge is 0.319 e. The first-order valence-electron chi connectivity index (χ1n) is 10.1. The molecular formula is C25H27N3O2. The Morgan fingerprint density at radius 2 is 1.50 bits per heavy atom. The van der Waals surface area contributed by atoms with Crippen LogP contribution >= 0.6 is 0 Å². The van der Waals surface area contributed by atoms with Crippen LogP contribution in [-0.4, -0.2) is 29.9 Å². The number of carbonyl (C=O) groups is 2. The molecule has 30 heavy (non-hydrogen) atoms. The number of hydrogen-bond acceptors (Lipinski definition) is 2. The van der Waals surface area contributed by atoms with Crippen molar-refractivity contribution in [3.63, 3.8) is 0 Å². The monoisotopic (exact) mass is 401 g/mol. The Morgan fingerprint density at radius 3 is 2.17 bits per heavy atom. The third-order valence-corrected chi connectivity index (χ3v) is 4.76. The zero-order valence-electron chi connectivity index (χ0n) is 17.2. The molecule has 0 bridgehead atoms. The number of rotatable bonds is 8. The number of aryl methyl sites for hydroxylation is 1. The van der Waals surface area contributed by atoms with Gasteiger partial charge in [0, 0.05) is 18.8 Å². The van der Waals surface area contributed by atoms with Gasteiger partial charge < -0.3 is 15.5 Å². The van der Waals surface area contributed by atoms with Gasteiger partial charge >= 0.3 is 6.03 Å². The molecule has 0 aliphatic heterocycles. The number of amides is 3. The molecule has 3 rings (SSSR count). The molecule has 154 valence electrons. The van der Waals surface area contributed by atoms with Crippen molar-refractivity contribution < 1.29 is 9.59 Å². The lowest BCUT2D eigenvalue weighted by atomic mass is 10.1. The first-order chi connectivity index (χ1) is 14.6. The molecule has 3 aromatic carbocycles. The summed E-state index contributed by atoms with van der Waals surface area (Å²) in [7, 11) is 0. The van der Waals surface area contributed by atoms with Gasteiger partial charge in [-0.2, -0.15) is 0 Å². The van der Waals surface area contributed by atoms with E-state index in [2.05, 4.69) is 22.8 Å². The number of nitrogens with one attached hydrogen (secondary N) is 2. The summed E-state index contributed by atoms with van der Waals surface area (Å²) in [6, 6.07) is 27.1. The highest BCUT2D eigenvalue weighted by Crippen LogP contribution is 2.10. The van der Waals surface area contributed by atoms with Crippen LogP contribution in [0.2, 0.25) is 0 Å². The number of anilines is 1. The normalized spacial score (nSPS) is 10.3.